The first-order valence-electron chi connectivity index (χ1n) is 9.78. The van der Waals surface area contributed by atoms with E-state index in [1.807, 2.05) is 18.2 Å². The Morgan fingerprint density at radius 2 is 1.89 bits per heavy atom. The van der Waals surface area contributed by atoms with Gasteiger partial charge in [0.25, 0.3) is 15.9 Å². The van der Waals surface area contributed by atoms with Gasteiger partial charge in [0, 0.05) is 37.6 Å². The summed E-state index contributed by atoms with van der Waals surface area (Å²) >= 11 is 0. The van der Waals surface area contributed by atoms with Crippen LogP contribution >= 0.6 is 0 Å². The third-order valence-electron chi connectivity index (χ3n) is 5.43. The van der Waals surface area contributed by atoms with Crippen molar-refractivity contribution in [2.24, 2.45) is 0 Å². The van der Waals surface area contributed by atoms with E-state index in [1.165, 1.54) is 22.0 Å². The largest absolute Gasteiger partial charge is 0.438 e. The van der Waals surface area contributed by atoms with Crippen molar-refractivity contribution >= 4 is 27.3 Å². The highest BCUT2D eigenvalue weighted by atomic mass is 32.2. The molecule has 150 valence electrons. The summed E-state index contributed by atoms with van der Waals surface area (Å²) in [5, 5.41) is 2.63. The van der Waals surface area contributed by atoms with Crippen LogP contribution in [0.5, 0.6) is 0 Å². The van der Waals surface area contributed by atoms with E-state index >= 15 is 0 Å². The Labute approximate surface area is 165 Å². The predicted octanol–water partition coefficient (Wildman–Crippen LogP) is 3.09. The number of anilines is 2. The summed E-state index contributed by atoms with van der Waals surface area (Å²) in [4.78, 5) is 14.8. The van der Waals surface area contributed by atoms with Gasteiger partial charge in [0.05, 0.1) is 0 Å². The second-order valence-corrected chi connectivity index (χ2v) is 9.08. The van der Waals surface area contributed by atoms with E-state index in [1.54, 1.807) is 0 Å². The van der Waals surface area contributed by atoms with Gasteiger partial charge in [0.15, 0.2) is 5.76 Å². The van der Waals surface area contributed by atoms with Crippen molar-refractivity contribution in [3.63, 3.8) is 0 Å². The van der Waals surface area contributed by atoms with Crippen molar-refractivity contribution in [1.82, 2.24) is 4.31 Å². The number of carbonyl (C=O) groups excluding carboxylic acids is 1. The van der Waals surface area contributed by atoms with Gasteiger partial charge in [-0.25, -0.2) is 8.42 Å². The molecule has 0 radical (unpaired) electrons. The van der Waals surface area contributed by atoms with Crippen LogP contribution < -0.4 is 10.2 Å². The smallest absolute Gasteiger partial charge is 0.291 e. The summed E-state index contributed by atoms with van der Waals surface area (Å²) in [6, 6.07) is 8.62. The zero-order valence-corrected chi connectivity index (χ0v) is 16.8. The maximum atomic E-state index is 12.7. The number of amides is 1. The fourth-order valence-electron chi connectivity index (χ4n) is 3.86. The lowest BCUT2D eigenvalue weighted by Crippen LogP contribution is -2.35. The average Bonchev–Trinajstić information content (AvgIpc) is 3.36. The van der Waals surface area contributed by atoms with Crippen LogP contribution in [0.3, 0.4) is 0 Å². The van der Waals surface area contributed by atoms with Gasteiger partial charge in [-0.2, -0.15) is 4.31 Å². The van der Waals surface area contributed by atoms with E-state index in [-0.39, 0.29) is 10.9 Å². The monoisotopic (exact) mass is 403 g/mol. The summed E-state index contributed by atoms with van der Waals surface area (Å²) in [6.45, 7) is 4.99. The van der Waals surface area contributed by atoms with Crippen LogP contribution in [0.25, 0.3) is 0 Å². The number of nitrogens with one attached hydrogen (secondary N) is 1. The molecular weight excluding hydrogens is 378 g/mol. The number of rotatable bonds is 5. The second-order valence-electron chi connectivity index (χ2n) is 7.21. The summed E-state index contributed by atoms with van der Waals surface area (Å²) in [5.74, 6) is -0.468. The van der Waals surface area contributed by atoms with Crippen molar-refractivity contribution in [1.29, 1.82) is 0 Å². The van der Waals surface area contributed by atoms with E-state index in [0.29, 0.717) is 18.8 Å². The molecule has 2 aromatic rings. The third-order valence-corrected chi connectivity index (χ3v) is 7.20. The molecule has 1 N–H and O–H groups in total. The average molecular weight is 404 g/mol. The summed E-state index contributed by atoms with van der Waals surface area (Å²) in [7, 11) is -3.69. The highest BCUT2D eigenvalue weighted by Gasteiger charge is 2.29. The van der Waals surface area contributed by atoms with Crippen LogP contribution in [0.15, 0.2) is 39.8 Å². The lowest BCUT2D eigenvalue weighted by atomic mass is 10.1. The Morgan fingerprint density at radius 3 is 2.64 bits per heavy atom. The van der Waals surface area contributed by atoms with Crippen molar-refractivity contribution in [2.75, 3.05) is 36.4 Å². The lowest BCUT2D eigenvalue weighted by Gasteiger charge is -2.24. The topological polar surface area (TPSA) is 82.9 Å². The minimum Gasteiger partial charge on any atom is -0.438 e. The molecule has 1 amide bonds. The van der Waals surface area contributed by atoms with Gasteiger partial charge in [0.1, 0.15) is 0 Å². The normalized spacial score (nSPS) is 17.5. The quantitative estimate of drug-likeness (QED) is 0.830. The molecule has 1 aromatic carbocycles. The number of hydrogen-bond acceptors (Lipinski definition) is 5. The first-order chi connectivity index (χ1) is 13.5. The Bertz CT molecular complexity index is 977. The molecule has 28 heavy (non-hydrogen) atoms. The molecule has 1 fully saturated rings. The van der Waals surface area contributed by atoms with Gasteiger partial charge in [-0.1, -0.05) is 12.5 Å². The number of carbonyl (C=O) groups is 1. The van der Waals surface area contributed by atoms with Gasteiger partial charge in [-0.15, -0.1) is 0 Å². The fraction of sp³-hybridized carbons (Fsp3) is 0.450. The zero-order valence-electron chi connectivity index (χ0n) is 16.0. The molecule has 1 aromatic heterocycles. The molecular formula is C20H25N3O4S. The number of sulfonamides is 1. The van der Waals surface area contributed by atoms with Crippen molar-refractivity contribution in [3.8, 4) is 0 Å². The molecule has 1 saturated heterocycles. The first kappa shape index (κ1) is 19.0. The van der Waals surface area contributed by atoms with Crippen molar-refractivity contribution in [2.45, 2.75) is 37.7 Å². The van der Waals surface area contributed by atoms with Crippen LogP contribution in [-0.4, -0.2) is 44.8 Å². The van der Waals surface area contributed by atoms with Crippen LogP contribution in [-0.2, 0) is 16.4 Å². The molecule has 0 bridgehead atoms. The SMILES string of the molecule is CCN1CCc2ccc(NC(=O)c3ccc(S(=O)(=O)N4CCCCC4)o3)cc21. The van der Waals surface area contributed by atoms with Crippen LogP contribution in [0.2, 0.25) is 0 Å². The summed E-state index contributed by atoms with van der Waals surface area (Å²) < 4.78 is 32.2. The van der Waals surface area contributed by atoms with E-state index < -0.39 is 15.9 Å². The third kappa shape index (κ3) is 3.54. The van der Waals surface area contributed by atoms with Gasteiger partial charge >= 0.3 is 0 Å². The van der Waals surface area contributed by atoms with Gasteiger partial charge in [-0.05, 0) is 56.0 Å². The second kappa shape index (κ2) is 7.60. The number of furan rings is 1. The molecule has 0 atom stereocenters. The van der Waals surface area contributed by atoms with E-state index in [9.17, 15) is 13.2 Å². The van der Waals surface area contributed by atoms with E-state index in [2.05, 4.69) is 17.1 Å². The van der Waals surface area contributed by atoms with Gasteiger partial charge in [0.2, 0.25) is 5.09 Å². The Balaban J connectivity index is 1.49. The van der Waals surface area contributed by atoms with E-state index in [0.717, 1.165) is 44.5 Å². The molecule has 2 aliphatic rings. The van der Waals surface area contributed by atoms with Crippen LogP contribution in [0.1, 0.15) is 42.3 Å². The summed E-state index contributed by atoms with van der Waals surface area (Å²) in [6.07, 6.45) is 3.74. The molecule has 3 heterocycles. The molecule has 2 aliphatic heterocycles. The fourth-order valence-corrected chi connectivity index (χ4v) is 5.29. The lowest BCUT2D eigenvalue weighted by molar-refractivity contribution is 0.0991. The number of piperidine rings is 1. The minimum absolute atomic E-state index is 0.0107. The molecule has 8 heteroatoms. The minimum atomic E-state index is -3.69. The summed E-state index contributed by atoms with van der Waals surface area (Å²) in [5.41, 5.74) is 3.07. The predicted molar refractivity (Wildman–Crippen MR) is 107 cm³/mol. The van der Waals surface area contributed by atoms with Crippen LogP contribution in [0, 0.1) is 0 Å². The zero-order chi connectivity index (χ0) is 19.7. The molecule has 7 nitrogen and oxygen atoms in total. The molecule has 4 rings (SSSR count). The number of fused-ring (bicyclic) bond motifs is 1. The van der Waals surface area contributed by atoms with Gasteiger partial charge < -0.3 is 14.6 Å². The number of benzene rings is 1. The Morgan fingerprint density at radius 1 is 1.11 bits per heavy atom. The van der Waals surface area contributed by atoms with Crippen LogP contribution in [0.4, 0.5) is 11.4 Å². The van der Waals surface area contributed by atoms with Gasteiger partial charge in [-0.3, -0.25) is 4.79 Å². The molecule has 0 aliphatic carbocycles. The highest BCUT2D eigenvalue weighted by Crippen LogP contribution is 2.31. The Kier molecular flexibility index (Phi) is 5.16. The number of likely N-dealkylation sites (N-methyl/N-ethyl adjacent to an activating group) is 1. The maximum absolute atomic E-state index is 12.7. The first-order valence-corrected chi connectivity index (χ1v) is 11.2. The molecule has 0 spiro atoms. The number of nitrogens with zero attached hydrogens (tertiary/aromatic N) is 2. The van der Waals surface area contributed by atoms with Crippen molar-refractivity contribution in [3.05, 3.63) is 41.7 Å². The van der Waals surface area contributed by atoms with E-state index in [4.69, 9.17) is 4.42 Å². The standard InChI is InChI=1S/C20H25N3O4S/c1-2-22-13-10-15-6-7-16(14-17(15)22)21-20(24)18-8-9-19(27-18)28(25,26)23-11-4-3-5-12-23/h6-9,14H,2-5,10-13H2,1H3,(H,21,24). The highest BCUT2D eigenvalue weighted by molar-refractivity contribution is 7.89. The van der Waals surface area contributed by atoms with Crippen molar-refractivity contribution < 1.29 is 17.6 Å². The molecule has 0 saturated carbocycles. The maximum Gasteiger partial charge on any atom is 0.291 e. The Hall–Kier alpha value is -2.32. The molecule has 0 unspecified atom stereocenters. The number of hydrogen-bond donors (Lipinski definition) is 1.